The summed E-state index contributed by atoms with van der Waals surface area (Å²) in [5.74, 6) is -1.73. The van der Waals surface area contributed by atoms with Gasteiger partial charge in [0.1, 0.15) is 6.10 Å². The summed E-state index contributed by atoms with van der Waals surface area (Å²) >= 11 is 0. The van der Waals surface area contributed by atoms with Crippen molar-refractivity contribution in [3.8, 4) is 0 Å². The molecule has 1 atom stereocenters. The smallest absolute Gasteiger partial charge is 0.304 e. The highest BCUT2D eigenvalue weighted by molar-refractivity contribution is 5.15. The number of aliphatic hydroxyl groups is 1. The second kappa shape index (κ2) is 5.56. The van der Waals surface area contributed by atoms with E-state index in [-0.39, 0.29) is 6.42 Å². The lowest BCUT2D eigenvalue weighted by Crippen LogP contribution is -2.09. The average Bonchev–Trinajstić information content (AvgIpc) is 2.26. The minimum atomic E-state index is -2.45. The van der Waals surface area contributed by atoms with E-state index < -0.39 is 18.0 Å². The predicted molar refractivity (Wildman–Crippen MR) is 51.1 cm³/mol. The van der Waals surface area contributed by atoms with E-state index in [9.17, 15) is 13.2 Å². The van der Waals surface area contributed by atoms with E-state index in [1.54, 1.807) is 24.3 Å². The lowest BCUT2D eigenvalue weighted by atomic mass is 10.1. The number of aliphatic hydroxyl groups excluding tert-OH is 1. The normalized spacial score (nSPS) is 12.3. The fraction of sp³-hybridized carbons (Fsp3) is 0.273. The molecule has 0 saturated carbocycles. The summed E-state index contributed by atoms with van der Waals surface area (Å²) in [6.07, 6.45) is -3.85. The van der Waals surface area contributed by atoms with Gasteiger partial charge in [-0.1, -0.05) is 30.3 Å². The minimum Gasteiger partial charge on any atom is -0.386 e. The van der Waals surface area contributed by atoms with Crippen molar-refractivity contribution in [2.24, 2.45) is 0 Å². The monoisotopic (exact) mass is 216 g/mol. The van der Waals surface area contributed by atoms with E-state index in [0.717, 1.165) is 5.56 Å². The maximum Gasteiger partial charge on any atom is 0.304 e. The van der Waals surface area contributed by atoms with Gasteiger partial charge in [-0.15, -0.1) is 0 Å². The number of aryl methyl sites for hydroxylation is 1. The molecule has 0 aliphatic heterocycles. The lowest BCUT2D eigenvalue weighted by Gasteiger charge is -2.07. The third-order valence-electron chi connectivity index (χ3n) is 2.02. The van der Waals surface area contributed by atoms with Crippen LogP contribution in [0.25, 0.3) is 0 Å². The third kappa shape index (κ3) is 3.75. The Morgan fingerprint density at radius 3 is 2.27 bits per heavy atom. The van der Waals surface area contributed by atoms with E-state index in [1.807, 2.05) is 6.07 Å². The molecular weight excluding hydrogens is 205 g/mol. The molecule has 0 radical (unpaired) electrons. The van der Waals surface area contributed by atoms with Crippen LogP contribution in [0, 0.1) is 0 Å². The van der Waals surface area contributed by atoms with Crippen LogP contribution in [0.5, 0.6) is 0 Å². The van der Waals surface area contributed by atoms with Gasteiger partial charge in [0.25, 0.3) is 0 Å². The first kappa shape index (κ1) is 11.8. The van der Waals surface area contributed by atoms with Crippen LogP contribution in [-0.2, 0) is 6.42 Å². The van der Waals surface area contributed by atoms with Gasteiger partial charge in [0.2, 0.25) is 0 Å². The maximum absolute atomic E-state index is 12.5. The van der Waals surface area contributed by atoms with Gasteiger partial charge in [0.15, 0.2) is 5.83 Å². The van der Waals surface area contributed by atoms with Gasteiger partial charge in [-0.25, -0.2) is 4.39 Å². The lowest BCUT2D eigenvalue weighted by molar-refractivity contribution is 0.159. The van der Waals surface area contributed by atoms with Gasteiger partial charge in [-0.05, 0) is 18.4 Å². The Bertz CT molecular complexity index is 331. The van der Waals surface area contributed by atoms with Gasteiger partial charge >= 0.3 is 6.08 Å². The molecule has 1 rings (SSSR count). The number of rotatable bonds is 4. The Morgan fingerprint density at radius 1 is 1.13 bits per heavy atom. The summed E-state index contributed by atoms with van der Waals surface area (Å²) in [6, 6.07) is 9.00. The zero-order valence-corrected chi connectivity index (χ0v) is 7.96. The Kier molecular flexibility index (Phi) is 4.37. The summed E-state index contributed by atoms with van der Waals surface area (Å²) in [4.78, 5) is 0. The summed E-state index contributed by atoms with van der Waals surface area (Å²) < 4.78 is 36.0. The predicted octanol–water partition coefficient (Wildman–Crippen LogP) is 3.06. The largest absolute Gasteiger partial charge is 0.386 e. The van der Waals surface area contributed by atoms with Gasteiger partial charge in [0.05, 0.1) is 0 Å². The Balaban J connectivity index is 2.48. The molecule has 0 aliphatic rings. The molecule has 0 spiro atoms. The first-order valence-corrected chi connectivity index (χ1v) is 4.54. The molecule has 0 amide bonds. The van der Waals surface area contributed by atoms with Crippen molar-refractivity contribution in [3.63, 3.8) is 0 Å². The molecule has 1 aromatic carbocycles. The van der Waals surface area contributed by atoms with Gasteiger partial charge in [-0.2, -0.15) is 8.78 Å². The summed E-state index contributed by atoms with van der Waals surface area (Å²) in [7, 11) is 0. The van der Waals surface area contributed by atoms with Crippen molar-refractivity contribution in [2.45, 2.75) is 18.9 Å². The quantitative estimate of drug-likeness (QED) is 0.820. The summed E-state index contributed by atoms with van der Waals surface area (Å²) in [5.41, 5.74) is 0.878. The van der Waals surface area contributed by atoms with Crippen LogP contribution in [-0.4, -0.2) is 11.2 Å². The first-order chi connectivity index (χ1) is 7.11. The maximum atomic E-state index is 12.5. The molecule has 0 unspecified atom stereocenters. The fourth-order valence-electron chi connectivity index (χ4n) is 1.20. The second-order valence-corrected chi connectivity index (χ2v) is 3.15. The fourth-order valence-corrected chi connectivity index (χ4v) is 1.20. The van der Waals surface area contributed by atoms with E-state index in [0.29, 0.717) is 6.42 Å². The number of halogens is 3. The molecule has 1 N–H and O–H groups in total. The molecule has 15 heavy (non-hydrogen) atoms. The van der Waals surface area contributed by atoms with E-state index in [1.165, 1.54) is 0 Å². The molecule has 4 heteroatoms. The van der Waals surface area contributed by atoms with Crippen molar-refractivity contribution in [2.75, 3.05) is 0 Å². The third-order valence-corrected chi connectivity index (χ3v) is 2.02. The molecule has 0 aromatic heterocycles. The zero-order chi connectivity index (χ0) is 11.3. The topological polar surface area (TPSA) is 20.2 Å². The molecule has 1 nitrogen and oxygen atoms in total. The van der Waals surface area contributed by atoms with Gasteiger partial charge in [-0.3, -0.25) is 0 Å². The van der Waals surface area contributed by atoms with Crippen molar-refractivity contribution in [1.82, 2.24) is 0 Å². The van der Waals surface area contributed by atoms with Crippen molar-refractivity contribution in [3.05, 3.63) is 47.8 Å². The molecule has 0 saturated heterocycles. The molecule has 0 aliphatic carbocycles. The molecule has 0 heterocycles. The standard InChI is InChI=1S/C11H11F3O/c12-10(11(13)14)9(15)7-6-8-4-2-1-3-5-8/h1-5,9,15H,6-7H2/t9-/m1/s1. The van der Waals surface area contributed by atoms with Gasteiger partial charge in [0, 0.05) is 0 Å². The number of hydrogen-bond donors (Lipinski definition) is 1. The van der Waals surface area contributed by atoms with Gasteiger partial charge < -0.3 is 5.11 Å². The van der Waals surface area contributed by atoms with Crippen molar-refractivity contribution >= 4 is 0 Å². The van der Waals surface area contributed by atoms with E-state index >= 15 is 0 Å². The van der Waals surface area contributed by atoms with Crippen LogP contribution in [0.3, 0.4) is 0 Å². The van der Waals surface area contributed by atoms with Crippen LogP contribution in [0.2, 0.25) is 0 Å². The first-order valence-electron chi connectivity index (χ1n) is 4.54. The highest BCUT2D eigenvalue weighted by atomic mass is 19.3. The zero-order valence-electron chi connectivity index (χ0n) is 7.96. The highest BCUT2D eigenvalue weighted by Crippen LogP contribution is 2.17. The highest BCUT2D eigenvalue weighted by Gasteiger charge is 2.16. The van der Waals surface area contributed by atoms with Crippen LogP contribution in [0.4, 0.5) is 13.2 Å². The molecule has 0 fully saturated rings. The van der Waals surface area contributed by atoms with Crippen LogP contribution in [0.15, 0.2) is 42.2 Å². The summed E-state index contributed by atoms with van der Waals surface area (Å²) in [5, 5.41) is 9.04. The van der Waals surface area contributed by atoms with Crippen molar-refractivity contribution in [1.29, 1.82) is 0 Å². The Morgan fingerprint density at radius 2 is 1.73 bits per heavy atom. The molecular formula is C11H11F3O. The van der Waals surface area contributed by atoms with E-state index in [4.69, 9.17) is 5.11 Å². The van der Waals surface area contributed by atoms with Crippen LogP contribution >= 0.6 is 0 Å². The Hall–Kier alpha value is -1.29. The second-order valence-electron chi connectivity index (χ2n) is 3.15. The summed E-state index contributed by atoms with van der Waals surface area (Å²) in [6.45, 7) is 0. The van der Waals surface area contributed by atoms with E-state index in [2.05, 4.69) is 0 Å². The molecule has 0 bridgehead atoms. The number of benzene rings is 1. The molecule has 82 valence electrons. The number of hydrogen-bond acceptors (Lipinski definition) is 1. The average molecular weight is 216 g/mol. The minimum absolute atomic E-state index is 0.0484. The SMILES string of the molecule is O[C@H](CCc1ccccc1)C(F)=C(F)F. The van der Waals surface area contributed by atoms with Crippen molar-refractivity contribution < 1.29 is 18.3 Å². The van der Waals surface area contributed by atoms with Crippen LogP contribution < -0.4 is 0 Å². The molecule has 1 aromatic rings. The van der Waals surface area contributed by atoms with Crippen LogP contribution in [0.1, 0.15) is 12.0 Å². The Labute approximate surface area is 85.9 Å².